The maximum Gasteiger partial charge on any atom is 0.331 e. The minimum atomic E-state index is -1.22. The van der Waals surface area contributed by atoms with Crippen molar-refractivity contribution in [2.45, 2.75) is 46.1 Å². The maximum absolute atomic E-state index is 12.6. The van der Waals surface area contributed by atoms with Crippen LogP contribution in [-0.4, -0.2) is 40.0 Å². The monoisotopic (exact) mass is 389 g/mol. The molecule has 0 unspecified atom stereocenters. The summed E-state index contributed by atoms with van der Waals surface area (Å²) >= 11 is 0. The molecule has 152 valence electrons. The number of carboxylic acids is 1. The molecule has 0 saturated carbocycles. The van der Waals surface area contributed by atoms with Gasteiger partial charge < -0.3 is 19.9 Å². The second kappa shape index (κ2) is 9.25. The summed E-state index contributed by atoms with van der Waals surface area (Å²) in [6.07, 6.45) is 4.60. The van der Waals surface area contributed by atoms with Gasteiger partial charge in [-0.3, -0.25) is 9.48 Å². The second-order valence-corrected chi connectivity index (χ2v) is 6.85. The lowest BCUT2D eigenvalue weighted by Crippen LogP contribution is -2.35. The molecule has 0 aliphatic heterocycles. The average molecular weight is 389 g/mol. The molecule has 1 heterocycles. The summed E-state index contributed by atoms with van der Waals surface area (Å²) in [7, 11) is 0. The molecule has 1 aromatic carbocycles. The highest BCUT2D eigenvalue weighted by molar-refractivity contribution is 6.04. The van der Waals surface area contributed by atoms with E-state index in [1.54, 1.807) is 18.2 Å². The van der Waals surface area contributed by atoms with E-state index >= 15 is 0 Å². The quantitative estimate of drug-likeness (QED) is 0.644. The second-order valence-electron chi connectivity index (χ2n) is 6.85. The van der Waals surface area contributed by atoms with Crippen LogP contribution in [0.3, 0.4) is 0 Å². The van der Waals surface area contributed by atoms with Gasteiger partial charge in [0, 0.05) is 11.8 Å². The van der Waals surface area contributed by atoms with Gasteiger partial charge in [0.25, 0.3) is 5.91 Å². The number of aromatic nitrogens is 2. The Morgan fingerprint density at radius 2 is 1.79 bits per heavy atom. The zero-order valence-corrected chi connectivity index (χ0v) is 16.7. The fraction of sp³-hybridized carbons (Fsp3) is 0.450. The normalized spacial score (nSPS) is 11.1. The van der Waals surface area contributed by atoms with Crippen molar-refractivity contribution in [1.29, 1.82) is 0 Å². The number of hydrogen-bond acceptors (Lipinski definition) is 5. The van der Waals surface area contributed by atoms with Crippen molar-refractivity contribution >= 4 is 17.6 Å². The molecule has 8 heteroatoms. The molecule has 0 bridgehead atoms. The minimum absolute atomic E-state index is 0.351. The molecule has 28 heavy (non-hydrogen) atoms. The number of nitrogens with one attached hydrogen (secondary N) is 1. The Hall–Kier alpha value is -3.03. The lowest BCUT2D eigenvalue weighted by atomic mass is 10.1. The van der Waals surface area contributed by atoms with Crippen LogP contribution < -0.4 is 14.8 Å². The Labute approximate surface area is 164 Å². The molecular weight excluding hydrogens is 362 g/mol. The van der Waals surface area contributed by atoms with Gasteiger partial charge in [-0.05, 0) is 44.9 Å². The van der Waals surface area contributed by atoms with Crippen molar-refractivity contribution in [1.82, 2.24) is 9.78 Å². The molecule has 0 aliphatic carbocycles. The van der Waals surface area contributed by atoms with Crippen LogP contribution in [0.1, 0.15) is 50.9 Å². The summed E-state index contributed by atoms with van der Waals surface area (Å²) in [4.78, 5) is 23.9. The summed E-state index contributed by atoms with van der Waals surface area (Å²) in [5.41, 5.74) is -0.413. The highest BCUT2D eigenvalue weighted by atomic mass is 16.5. The van der Waals surface area contributed by atoms with Gasteiger partial charge in [0.05, 0.1) is 25.1 Å². The lowest BCUT2D eigenvalue weighted by molar-refractivity contribution is -0.146. The zero-order chi connectivity index (χ0) is 20.7. The summed E-state index contributed by atoms with van der Waals surface area (Å²) in [5.74, 6) is -0.251. The summed E-state index contributed by atoms with van der Waals surface area (Å²) in [6, 6.07) is 5.01. The number of aliphatic carboxylic acids is 1. The molecular formula is C20H27N3O5. The van der Waals surface area contributed by atoms with Gasteiger partial charge >= 0.3 is 5.97 Å². The molecule has 1 aromatic heterocycles. The van der Waals surface area contributed by atoms with Gasteiger partial charge in [0.1, 0.15) is 0 Å². The number of anilines is 1. The SMILES string of the molecule is CCCOc1ccc(C(=O)Nc2cnn(C(C)(C)C(=O)O)c2)cc1OCCC. The Kier molecular flexibility index (Phi) is 7.03. The van der Waals surface area contributed by atoms with Crippen LogP contribution in [0, 0.1) is 0 Å². The van der Waals surface area contributed by atoms with Crippen LogP contribution in [0.2, 0.25) is 0 Å². The molecule has 2 rings (SSSR count). The predicted molar refractivity (Wildman–Crippen MR) is 105 cm³/mol. The molecule has 2 N–H and O–H groups in total. The minimum Gasteiger partial charge on any atom is -0.490 e. The van der Waals surface area contributed by atoms with Crippen LogP contribution in [0.25, 0.3) is 0 Å². The molecule has 0 spiro atoms. The fourth-order valence-electron chi connectivity index (χ4n) is 2.30. The van der Waals surface area contributed by atoms with Gasteiger partial charge in [0.15, 0.2) is 17.0 Å². The molecule has 0 aliphatic rings. The number of carbonyl (C=O) groups is 2. The molecule has 0 atom stereocenters. The maximum atomic E-state index is 12.6. The molecule has 0 saturated heterocycles. The van der Waals surface area contributed by atoms with Crippen molar-refractivity contribution < 1.29 is 24.2 Å². The van der Waals surface area contributed by atoms with Crippen LogP contribution in [-0.2, 0) is 10.3 Å². The number of benzene rings is 1. The molecule has 2 aromatic rings. The largest absolute Gasteiger partial charge is 0.490 e. The third-order valence-corrected chi connectivity index (χ3v) is 4.07. The summed E-state index contributed by atoms with van der Waals surface area (Å²) < 4.78 is 12.7. The van der Waals surface area contributed by atoms with E-state index in [9.17, 15) is 14.7 Å². The Morgan fingerprint density at radius 1 is 1.14 bits per heavy atom. The third kappa shape index (κ3) is 5.03. The fourth-order valence-corrected chi connectivity index (χ4v) is 2.30. The van der Waals surface area contributed by atoms with Crippen molar-refractivity contribution in [3.63, 3.8) is 0 Å². The summed E-state index contributed by atoms with van der Waals surface area (Å²) in [5, 5.41) is 16.0. The number of hydrogen-bond donors (Lipinski definition) is 2. The highest BCUT2D eigenvalue weighted by Gasteiger charge is 2.30. The highest BCUT2D eigenvalue weighted by Crippen LogP contribution is 2.29. The van der Waals surface area contributed by atoms with Crippen LogP contribution in [0.4, 0.5) is 5.69 Å². The van der Waals surface area contributed by atoms with E-state index in [2.05, 4.69) is 10.4 Å². The topological polar surface area (TPSA) is 103 Å². The lowest BCUT2D eigenvalue weighted by Gasteiger charge is -2.19. The first-order valence-corrected chi connectivity index (χ1v) is 9.29. The first-order valence-electron chi connectivity index (χ1n) is 9.29. The van der Waals surface area contributed by atoms with Crippen molar-refractivity contribution in [2.75, 3.05) is 18.5 Å². The predicted octanol–water partition coefficient (Wildman–Crippen LogP) is 3.53. The van der Waals surface area contributed by atoms with Gasteiger partial charge in [-0.2, -0.15) is 5.10 Å². The van der Waals surface area contributed by atoms with Crippen molar-refractivity contribution in [2.24, 2.45) is 0 Å². The van der Waals surface area contributed by atoms with Gasteiger partial charge in [-0.1, -0.05) is 13.8 Å². The van der Waals surface area contributed by atoms with Crippen molar-refractivity contribution in [3.05, 3.63) is 36.2 Å². The van der Waals surface area contributed by atoms with Crippen LogP contribution >= 0.6 is 0 Å². The standard InChI is InChI=1S/C20H27N3O5/c1-5-9-27-16-8-7-14(11-17(16)28-10-6-2)18(24)22-15-12-21-23(13-15)20(3,4)19(25)26/h7-8,11-13H,5-6,9-10H2,1-4H3,(H,22,24)(H,25,26). The van der Waals surface area contributed by atoms with Crippen LogP contribution in [0.5, 0.6) is 11.5 Å². The van der Waals surface area contributed by atoms with E-state index in [0.29, 0.717) is 36.0 Å². The smallest absolute Gasteiger partial charge is 0.331 e. The Morgan fingerprint density at radius 3 is 2.39 bits per heavy atom. The summed E-state index contributed by atoms with van der Waals surface area (Å²) in [6.45, 7) is 8.15. The molecule has 0 fully saturated rings. The molecule has 0 radical (unpaired) electrons. The first kappa shape index (κ1) is 21.3. The van der Waals surface area contributed by atoms with E-state index in [1.165, 1.54) is 30.9 Å². The van der Waals surface area contributed by atoms with Gasteiger partial charge in [0.2, 0.25) is 0 Å². The zero-order valence-electron chi connectivity index (χ0n) is 16.7. The number of carboxylic acid groups (broad SMARTS) is 1. The number of ether oxygens (including phenoxy) is 2. The Balaban J connectivity index is 2.17. The van der Waals surface area contributed by atoms with E-state index in [4.69, 9.17) is 9.47 Å². The van der Waals surface area contributed by atoms with Crippen LogP contribution in [0.15, 0.2) is 30.6 Å². The molecule has 8 nitrogen and oxygen atoms in total. The van der Waals surface area contributed by atoms with E-state index < -0.39 is 11.5 Å². The number of amides is 1. The van der Waals surface area contributed by atoms with Crippen molar-refractivity contribution in [3.8, 4) is 11.5 Å². The first-order chi connectivity index (χ1) is 13.3. The van der Waals surface area contributed by atoms with Gasteiger partial charge in [-0.15, -0.1) is 0 Å². The van der Waals surface area contributed by atoms with Gasteiger partial charge in [-0.25, -0.2) is 4.79 Å². The van der Waals surface area contributed by atoms with E-state index in [1.807, 2.05) is 13.8 Å². The number of nitrogens with zero attached hydrogens (tertiary/aromatic N) is 2. The average Bonchev–Trinajstić information content (AvgIpc) is 3.14. The Bertz CT molecular complexity index is 829. The third-order valence-electron chi connectivity index (χ3n) is 4.07. The van der Waals surface area contributed by atoms with E-state index in [-0.39, 0.29) is 5.91 Å². The number of carbonyl (C=O) groups excluding carboxylic acids is 1. The number of rotatable bonds is 10. The molecule has 1 amide bonds. The van der Waals surface area contributed by atoms with E-state index in [0.717, 1.165) is 12.8 Å².